The number of carbonyl (C=O) groups excluding carboxylic acids is 1. The van der Waals surface area contributed by atoms with E-state index < -0.39 is 27.6 Å². The maximum atomic E-state index is 13.6. The van der Waals surface area contributed by atoms with E-state index in [0.717, 1.165) is 6.07 Å². The van der Waals surface area contributed by atoms with Gasteiger partial charge in [-0.3, -0.25) is 4.79 Å². The van der Waals surface area contributed by atoms with Gasteiger partial charge in [0.25, 0.3) is 5.91 Å². The summed E-state index contributed by atoms with van der Waals surface area (Å²) in [6.45, 7) is 1.61. The average molecular weight is 416 g/mol. The van der Waals surface area contributed by atoms with E-state index in [9.17, 15) is 22.0 Å². The number of carbonyl (C=O) groups is 1. The van der Waals surface area contributed by atoms with Crippen molar-refractivity contribution in [2.24, 2.45) is 0 Å². The molecule has 0 saturated carbocycles. The molecular formula is C21H18F2N2O3S. The maximum absolute atomic E-state index is 13.6. The van der Waals surface area contributed by atoms with Crippen LogP contribution in [0.5, 0.6) is 0 Å². The van der Waals surface area contributed by atoms with Crippen LogP contribution in [-0.4, -0.2) is 14.3 Å². The largest absolute Gasteiger partial charge is 0.322 e. The number of anilines is 1. The highest BCUT2D eigenvalue weighted by Gasteiger charge is 2.14. The van der Waals surface area contributed by atoms with E-state index in [4.69, 9.17) is 0 Å². The van der Waals surface area contributed by atoms with Crippen molar-refractivity contribution < 1.29 is 22.0 Å². The van der Waals surface area contributed by atoms with E-state index in [1.165, 1.54) is 60.7 Å². The lowest BCUT2D eigenvalue weighted by molar-refractivity contribution is 0.102. The summed E-state index contributed by atoms with van der Waals surface area (Å²) in [6.07, 6.45) is 0. The molecule has 0 atom stereocenters. The summed E-state index contributed by atoms with van der Waals surface area (Å²) in [5.41, 5.74) is 1.58. The van der Waals surface area contributed by atoms with Gasteiger partial charge >= 0.3 is 0 Å². The summed E-state index contributed by atoms with van der Waals surface area (Å²) in [7, 11) is -3.78. The molecule has 0 saturated heterocycles. The van der Waals surface area contributed by atoms with Gasteiger partial charge in [-0.25, -0.2) is 21.9 Å². The normalized spacial score (nSPS) is 11.3. The fourth-order valence-electron chi connectivity index (χ4n) is 2.52. The molecule has 29 heavy (non-hydrogen) atoms. The molecule has 0 aliphatic carbocycles. The zero-order chi connectivity index (χ0) is 21.0. The van der Waals surface area contributed by atoms with E-state index in [1.807, 2.05) is 0 Å². The van der Waals surface area contributed by atoms with Crippen molar-refractivity contribution in [3.63, 3.8) is 0 Å². The highest BCUT2D eigenvalue weighted by molar-refractivity contribution is 7.89. The number of rotatable bonds is 6. The van der Waals surface area contributed by atoms with Crippen LogP contribution in [0, 0.1) is 18.6 Å². The van der Waals surface area contributed by atoms with Gasteiger partial charge in [-0.2, -0.15) is 0 Å². The summed E-state index contributed by atoms with van der Waals surface area (Å²) in [5, 5.41) is 2.59. The van der Waals surface area contributed by atoms with Gasteiger partial charge in [0.05, 0.1) is 4.90 Å². The number of aryl methyl sites for hydroxylation is 1. The Kier molecular flexibility index (Phi) is 6.05. The molecule has 0 bridgehead atoms. The summed E-state index contributed by atoms with van der Waals surface area (Å²) in [4.78, 5) is 12.2. The molecule has 0 radical (unpaired) electrons. The molecular weight excluding hydrogens is 398 g/mol. The quantitative estimate of drug-likeness (QED) is 0.638. The van der Waals surface area contributed by atoms with Crippen molar-refractivity contribution in [3.05, 3.63) is 95.1 Å². The minimum atomic E-state index is -3.78. The number of halogens is 2. The molecule has 5 nitrogen and oxygen atoms in total. The van der Waals surface area contributed by atoms with Crippen LogP contribution in [0.4, 0.5) is 14.5 Å². The molecule has 2 N–H and O–H groups in total. The number of amides is 1. The average Bonchev–Trinajstić information content (AvgIpc) is 2.70. The third kappa shape index (κ3) is 5.24. The first-order valence-corrected chi connectivity index (χ1v) is 10.1. The second-order valence-corrected chi connectivity index (χ2v) is 8.16. The van der Waals surface area contributed by atoms with Crippen LogP contribution in [0.1, 0.15) is 21.5 Å². The second kappa shape index (κ2) is 8.50. The molecule has 3 aromatic rings. The van der Waals surface area contributed by atoms with Crippen molar-refractivity contribution in [3.8, 4) is 0 Å². The van der Waals surface area contributed by atoms with E-state index >= 15 is 0 Å². The third-order valence-corrected chi connectivity index (χ3v) is 5.65. The van der Waals surface area contributed by atoms with Gasteiger partial charge in [0, 0.05) is 17.8 Å². The van der Waals surface area contributed by atoms with E-state index in [1.54, 1.807) is 6.92 Å². The molecule has 8 heteroatoms. The van der Waals surface area contributed by atoms with Crippen LogP contribution in [-0.2, 0) is 16.6 Å². The van der Waals surface area contributed by atoms with Crippen LogP contribution in [0.25, 0.3) is 0 Å². The molecule has 3 aromatic carbocycles. The van der Waals surface area contributed by atoms with Gasteiger partial charge in [0.1, 0.15) is 11.6 Å². The second-order valence-electron chi connectivity index (χ2n) is 6.39. The van der Waals surface area contributed by atoms with Crippen molar-refractivity contribution in [1.29, 1.82) is 0 Å². The van der Waals surface area contributed by atoms with Gasteiger partial charge in [0.15, 0.2) is 0 Å². The van der Waals surface area contributed by atoms with Crippen molar-refractivity contribution in [2.75, 3.05) is 5.32 Å². The first-order valence-electron chi connectivity index (χ1n) is 8.66. The third-order valence-electron chi connectivity index (χ3n) is 4.24. The monoisotopic (exact) mass is 416 g/mol. The Morgan fingerprint density at radius 1 is 0.931 bits per heavy atom. The van der Waals surface area contributed by atoms with Crippen LogP contribution in [0.2, 0.25) is 0 Å². The zero-order valence-corrected chi connectivity index (χ0v) is 16.3. The van der Waals surface area contributed by atoms with Crippen molar-refractivity contribution in [2.45, 2.75) is 18.4 Å². The zero-order valence-electron chi connectivity index (χ0n) is 15.4. The number of sulfonamides is 1. The summed E-state index contributed by atoms with van der Waals surface area (Å²) in [5.74, 6) is -1.39. The van der Waals surface area contributed by atoms with Crippen LogP contribution in [0.15, 0.2) is 71.6 Å². The summed E-state index contributed by atoms with van der Waals surface area (Å²) < 4.78 is 53.7. The summed E-state index contributed by atoms with van der Waals surface area (Å²) in [6, 6.07) is 15.2. The molecule has 3 rings (SSSR count). The number of hydrogen-bond donors (Lipinski definition) is 2. The highest BCUT2D eigenvalue weighted by atomic mass is 32.2. The molecule has 1 amide bonds. The number of benzene rings is 3. The SMILES string of the molecule is Cc1ccc(C(=O)Nc2ccc(S(=O)(=O)NCc3ccc(F)cc3)cc2)cc1F. The molecule has 0 aromatic heterocycles. The standard InChI is InChI=1S/C21H18F2N2O3S/c1-14-2-5-16(12-20(14)23)21(26)25-18-8-10-19(11-9-18)29(27,28)24-13-15-3-6-17(22)7-4-15/h2-12,24H,13H2,1H3,(H,25,26). The Balaban J connectivity index is 1.66. The van der Waals surface area contributed by atoms with Gasteiger partial charge in [-0.05, 0) is 66.6 Å². The van der Waals surface area contributed by atoms with E-state index in [2.05, 4.69) is 10.0 Å². The Bertz CT molecular complexity index is 1130. The topological polar surface area (TPSA) is 75.3 Å². The van der Waals surface area contributed by atoms with Gasteiger partial charge < -0.3 is 5.32 Å². The number of nitrogens with one attached hydrogen (secondary N) is 2. The van der Waals surface area contributed by atoms with Gasteiger partial charge in [-0.15, -0.1) is 0 Å². The fourth-order valence-corrected chi connectivity index (χ4v) is 3.54. The van der Waals surface area contributed by atoms with Crippen molar-refractivity contribution in [1.82, 2.24) is 4.72 Å². The summed E-state index contributed by atoms with van der Waals surface area (Å²) >= 11 is 0. The lowest BCUT2D eigenvalue weighted by atomic mass is 10.1. The molecule has 0 unspecified atom stereocenters. The van der Waals surface area contributed by atoms with Crippen LogP contribution < -0.4 is 10.0 Å². The minimum absolute atomic E-state index is 0.0130. The van der Waals surface area contributed by atoms with E-state index in [-0.39, 0.29) is 17.0 Å². The molecule has 0 aliphatic heterocycles. The van der Waals surface area contributed by atoms with Crippen molar-refractivity contribution >= 4 is 21.6 Å². The molecule has 0 heterocycles. The Morgan fingerprint density at radius 2 is 1.59 bits per heavy atom. The number of hydrogen-bond acceptors (Lipinski definition) is 3. The van der Waals surface area contributed by atoms with Gasteiger partial charge in [0.2, 0.25) is 10.0 Å². The molecule has 0 aliphatic rings. The Labute approximate surface area is 167 Å². The fraction of sp³-hybridized carbons (Fsp3) is 0.0952. The lowest BCUT2D eigenvalue weighted by Gasteiger charge is -2.09. The first-order chi connectivity index (χ1) is 13.7. The van der Waals surface area contributed by atoms with Gasteiger partial charge in [-0.1, -0.05) is 18.2 Å². The molecule has 150 valence electrons. The van der Waals surface area contributed by atoms with Crippen LogP contribution >= 0.6 is 0 Å². The Hall–Kier alpha value is -3.10. The molecule has 0 fully saturated rings. The first kappa shape index (κ1) is 20.6. The highest BCUT2D eigenvalue weighted by Crippen LogP contribution is 2.16. The van der Waals surface area contributed by atoms with Crippen LogP contribution in [0.3, 0.4) is 0 Å². The lowest BCUT2D eigenvalue weighted by Crippen LogP contribution is -2.23. The van der Waals surface area contributed by atoms with E-state index in [0.29, 0.717) is 16.8 Å². The predicted molar refractivity (Wildman–Crippen MR) is 106 cm³/mol. The Morgan fingerprint density at radius 3 is 2.21 bits per heavy atom. The predicted octanol–water partition coefficient (Wildman–Crippen LogP) is 4.00. The minimum Gasteiger partial charge on any atom is -0.322 e. The molecule has 0 spiro atoms. The smallest absolute Gasteiger partial charge is 0.255 e. The maximum Gasteiger partial charge on any atom is 0.255 e.